The van der Waals surface area contributed by atoms with Crippen LogP contribution in [-0.4, -0.2) is 34.1 Å². The van der Waals surface area contributed by atoms with Crippen LogP contribution in [0, 0.1) is 18.2 Å². The quantitative estimate of drug-likeness (QED) is 0.391. The highest BCUT2D eigenvalue weighted by Crippen LogP contribution is 2.51. The highest BCUT2D eigenvalue weighted by Gasteiger charge is 2.45. The van der Waals surface area contributed by atoms with Crippen molar-refractivity contribution in [1.29, 1.82) is 0 Å². The summed E-state index contributed by atoms with van der Waals surface area (Å²) in [7, 11) is 0. The second-order valence-electron chi connectivity index (χ2n) is 10.9. The molecule has 1 aliphatic carbocycles. The molecule has 0 radical (unpaired) electrons. The summed E-state index contributed by atoms with van der Waals surface area (Å²) in [5, 5.41) is 8.10. The van der Waals surface area contributed by atoms with Crippen LogP contribution in [0.3, 0.4) is 0 Å². The van der Waals surface area contributed by atoms with Crippen LogP contribution in [0.2, 0.25) is 0 Å². The fraction of sp³-hybridized carbons (Fsp3) is 0.323. The van der Waals surface area contributed by atoms with Crippen molar-refractivity contribution in [3.63, 3.8) is 0 Å². The van der Waals surface area contributed by atoms with Gasteiger partial charge in [0.2, 0.25) is 0 Å². The first-order valence-corrected chi connectivity index (χ1v) is 13.0. The Morgan fingerprint density at radius 3 is 2.68 bits per heavy atom. The average Bonchev–Trinajstić information content (AvgIpc) is 3.53. The minimum absolute atomic E-state index is 0.108. The number of fused-ring (bicyclic) bond motifs is 1. The lowest BCUT2D eigenvalue weighted by atomic mass is 9.83. The third-order valence-electron chi connectivity index (χ3n) is 8.38. The van der Waals surface area contributed by atoms with E-state index in [9.17, 15) is 14.0 Å². The molecule has 1 N–H and O–H groups in total. The maximum atomic E-state index is 14.9. The minimum Gasteiger partial charge on any atom is -0.338 e. The van der Waals surface area contributed by atoms with Crippen molar-refractivity contribution in [2.75, 3.05) is 13.1 Å². The van der Waals surface area contributed by atoms with Crippen molar-refractivity contribution in [3.05, 3.63) is 111 Å². The minimum atomic E-state index is -0.502. The van der Waals surface area contributed by atoms with Gasteiger partial charge in [0.1, 0.15) is 5.82 Å². The third kappa shape index (κ3) is 4.45. The number of nitrogens with zero attached hydrogens (tertiary/aromatic N) is 2. The maximum Gasteiger partial charge on any atom is 0.272 e. The molecule has 2 heterocycles. The molecule has 1 saturated heterocycles. The lowest BCUT2D eigenvalue weighted by molar-refractivity contribution is 0.0768. The predicted octanol–water partition coefficient (Wildman–Crippen LogP) is 5.76. The number of rotatable bonds is 4. The number of hydrogen-bond acceptors (Lipinski definition) is 3. The van der Waals surface area contributed by atoms with Crippen molar-refractivity contribution in [3.8, 4) is 0 Å². The van der Waals surface area contributed by atoms with Gasteiger partial charge in [-0.25, -0.2) is 9.49 Å². The summed E-state index contributed by atoms with van der Waals surface area (Å²) in [4.78, 5) is 27.4. The van der Waals surface area contributed by atoms with Gasteiger partial charge < -0.3 is 4.90 Å². The van der Waals surface area contributed by atoms with E-state index in [0.29, 0.717) is 36.5 Å². The summed E-state index contributed by atoms with van der Waals surface area (Å²) in [5.74, 6) is -0.220. The number of aryl methyl sites for hydroxylation is 1. The zero-order valence-corrected chi connectivity index (χ0v) is 21.0. The number of benzene rings is 3. The van der Waals surface area contributed by atoms with Crippen molar-refractivity contribution in [2.24, 2.45) is 5.41 Å². The van der Waals surface area contributed by atoms with Gasteiger partial charge in [-0.15, -0.1) is 0 Å². The van der Waals surface area contributed by atoms with Crippen LogP contribution in [0.1, 0.15) is 64.3 Å². The van der Waals surface area contributed by atoms with E-state index in [1.54, 1.807) is 18.2 Å². The Labute approximate surface area is 215 Å². The standard InChI is InChI=1S/C31H30FN3O2/c1-20-6-9-22(10-7-20)23-12-13-31(18-23)14-15-35(19-31)30(37)26-16-21(8-11-27(26)32)17-28-24-4-2-3-5-25(24)29(36)34-33-28/h2-11,16,23H,12-15,17-19H2,1H3,(H,34,36). The van der Waals surface area contributed by atoms with Gasteiger partial charge in [0.25, 0.3) is 11.5 Å². The van der Waals surface area contributed by atoms with Crippen LogP contribution < -0.4 is 5.56 Å². The van der Waals surface area contributed by atoms with Gasteiger partial charge in [-0.2, -0.15) is 5.10 Å². The number of hydrogen-bond donors (Lipinski definition) is 1. The molecule has 1 aliphatic heterocycles. The number of likely N-dealkylation sites (tertiary alicyclic amines) is 1. The van der Waals surface area contributed by atoms with Gasteiger partial charge in [-0.05, 0) is 73.3 Å². The molecule has 4 aromatic rings. The average molecular weight is 496 g/mol. The SMILES string of the molecule is Cc1ccc(C2CCC3(CCN(C(=O)c4cc(Cc5n[nH]c(=O)c6ccccc56)ccc4F)C3)C2)cc1. The fourth-order valence-corrected chi connectivity index (χ4v) is 6.33. The second kappa shape index (κ2) is 9.25. The van der Waals surface area contributed by atoms with E-state index in [1.807, 2.05) is 23.1 Å². The zero-order valence-electron chi connectivity index (χ0n) is 21.0. The lowest BCUT2D eigenvalue weighted by Crippen LogP contribution is -2.32. The summed E-state index contributed by atoms with van der Waals surface area (Å²) in [6.45, 7) is 3.45. The molecular formula is C31H30FN3O2. The number of nitrogens with one attached hydrogen (secondary N) is 1. The van der Waals surface area contributed by atoms with Crippen LogP contribution in [-0.2, 0) is 6.42 Å². The molecule has 3 aromatic carbocycles. The van der Waals surface area contributed by atoms with Crippen LogP contribution in [0.5, 0.6) is 0 Å². The first-order chi connectivity index (χ1) is 17.9. The van der Waals surface area contributed by atoms with Gasteiger partial charge in [-0.3, -0.25) is 9.59 Å². The molecule has 2 atom stereocenters. The van der Waals surface area contributed by atoms with Crippen LogP contribution in [0.25, 0.3) is 10.8 Å². The number of amides is 1. The summed E-state index contributed by atoms with van der Waals surface area (Å²) in [6.07, 6.45) is 4.67. The van der Waals surface area contributed by atoms with E-state index in [4.69, 9.17) is 0 Å². The van der Waals surface area contributed by atoms with Crippen molar-refractivity contribution < 1.29 is 9.18 Å². The summed E-state index contributed by atoms with van der Waals surface area (Å²) in [5.41, 5.74) is 4.11. The molecule has 0 bridgehead atoms. The molecule has 6 rings (SSSR count). The largest absolute Gasteiger partial charge is 0.338 e. The van der Waals surface area contributed by atoms with Crippen LogP contribution in [0.15, 0.2) is 71.5 Å². The molecule has 2 fully saturated rings. The Hall–Kier alpha value is -3.80. The molecule has 2 unspecified atom stereocenters. The molecule has 1 spiro atoms. The number of halogens is 1. The molecule has 1 saturated carbocycles. The maximum absolute atomic E-state index is 14.9. The number of aromatic amines is 1. The number of carbonyl (C=O) groups is 1. The van der Waals surface area contributed by atoms with Crippen molar-refractivity contribution >= 4 is 16.7 Å². The Bertz CT molecular complexity index is 1540. The van der Waals surface area contributed by atoms with E-state index in [1.165, 1.54) is 17.2 Å². The topological polar surface area (TPSA) is 66.1 Å². The van der Waals surface area contributed by atoms with E-state index in [-0.39, 0.29) is 22.4 Å². The molecule has 2 aliphatic rings. The molecule has 1 aromatic heterocycles. The molecular weight excluding hydrogens is 465 g/mol. The highest BCUT2D eigenvalue weighted by atomic mass is 19.1. The summed E-state index contributed by atoms with van der Waals surface area (Å²) >= 11 is 0. The summed E-state index contributed by atoms with van der Waals surface area (Å²) in [6, 6.07) is 20.8. The van der Waals surface area contributed by atoms with Crippen molar-refractivity contribution in [1.82, 2.24) is 15.1 Å². The van der Waals surface area contributed by atoms with Gasteiger partial charge in [0, 0.05) is 24.9 Å². The third-order valence-corrected chi connectivity index (χ3v) is 8.38. The Balaban J connectivity index is 1.20. The molecule has 37 heavy (non-hydrogen) atoms. The summed E-state index contributed by atoms with van der Waals surface area (Å²) < 4.78 is 14.9. The van der Waals surface area contributed by atoms with Crippen LogP contribution in [0.4, 0.5) is 4.39 Å². The van der Waals surface area contributed by atoms with E-state index >= 15 is 0 Å². The molecule has 188 valence electrons. The molecule has 1 amide bonds. The normalized spacial score (nSPS) is 21.2. The number of H-pyrrole nitrogens is 1. The van der Waals surface area contributed by atoms with E-state index in [2.05, 4.69) is 41.4 Å². The van der Waals surface area contributed by atoms with E-state index in [0.717, 1.165) is 36.6 Å². The monoisotopic (exact) mass is 495 g/mol. The van der Waals surface area contributed by atoms with E-state index < -0.39 is 5.82 Å². The van der Waals surface area contributed by atoms with Gasteiger partial charge in [-0.1, -0.05) is 54.1 Å². The lowest BCUT2D eigenvalue weighted by Gasteiger charge is -2.24. The Morgan fingerprint density at radius 1 is 1.08 bits per heavy atom. The highest BCUT2D eigenvalue weighted by molar-refractivity contribution is 5.95. The van der Waals surface area contributed by atoms with Crippen LogP contribution >= 0.6 is 0 Å². The van der Waals surface area contributed by atoms with Crippen molar-refractivity contribution in [2.45, 2.75) is 44.9 Å². The fourth-order valence-electron chi connectivity index (χ4n) is 6.33. The smallest absolute Gasteiger partial charge is 0.272 e. The molecule has 6 heteroatoms. The second-order valence-corrected chi connectivity index (χ2v) is 10.9. The number of carbonyl (C=O) groups excluding carboxylic acids is 1. The predicted molar refractivity (Wildman–Crippen MR) is 142 cm³/mol. The zero-order chi connectivity index (χ0) is 25.6. The first kappa shape index (κ1) is 23.6. The van der Waals surface area contributed by atoms with Gasteiger partial charge in [0.15, 0.2) is 0 Å². The Morgan fingerprint density at radius 2 is 1.86 bits per heavy atom. The first-order valence-electron chi connectivity index (χ1n) is 13.0. The van der Waals surface area contributed by atoms with Gasteiger partial charge >= 0.3 is 0 Å². The van der Waals surface area contributed by atoms with Gasteiger partial charge in [0.05, 0.1) is 16.6 Å². The molecule has 5 nitrogen and oxygen atoms in total. The number of aromatic nitrogens is 2. The Kier molecular flexibility index (Phi) is 5.90.